The zero-order chi connectivity index (χ0) is 14.5. The molecule has 21 heavy (non-hydrogen) atoms. The van der Waals surface area contributed by atoms with Crippen LogP contribution in [-0.4, -0.2) is 10.9 Å². The summed E-state index contributed by atoms with van der Waals surface area (Å²) < 4.78 is 0. The van der Waals surface area contributed by atoms with Crippen LogP contribution in [0.15, 0.2) is 60.8 Å². The van der Waals surface area contributed by atoms with Gasteiger partial charge in [0.15, 0.2) is 0 Å². The maximum absolute atomic E-state index is 12.0. The summed E-state index contributed by atoms with van der Waals surface area (Å²) in [5.41, 5.74) is 8.87. The summed E-state index contributed by atoms with van der Waals surface area (Å²) in [5, 5.41) is 1.09. The van der Waals surface area contributed by atoms with Gasteiger partial charge in [-0.2, -0.15) is 0 Å². The first kappa shape index (κ1) is 13.4. The molecule has 0 aliphatic carbocycles. The Morgan fingerprint density at radius 3 is 2.62 bits per heavy atom. The van der Waals surface area contributed by atoms with E-state index in [4.69, 9.17) is 0 Å². The number of carbonyl (C=O) groups excluding carboxylic acids is 1. The zero-order valence-corrected chi connectivity index (χ0v) is 11.6. The van der Waals surface area contributed by atoms with E-state index in [9.17, 15) is 4.79 Å². The smallest absolute Gasteiger partial charge is 0.238 e. The molecule has 3 rings (SSSR count). The van der Waals surface area contributed by atoms with E-state index in [1.165, 1.54) is 0 Å². The summed E-state index contributed by atoms with van der Waals surface area (Å²) in [4.78, 5) is 15.1. The fourth-order valence-electron chi connectivity index (χ4n) is 2.34. The number of hydrazine groups is 1. The second-order valence-electron chi connectivity index (χ2n) is 4.92. The standard InChI is InChI=1S/C17H17N3O/c21-17(20-19-11-13-6-2-1-3-7-13)10-14-12-18-16-9-5-4-8-15(14)16/h1-9,12,18-19H,10-11H2,(H,20,21). The highest BCUT2D eigenvalue weighted by Crippen LogP contribution is 2.17. The molecule has 2 aromatic carbocycles. The van der Waals surface area contributed by atoms with Gasteiger partial charge in [-0.3, -0.25) is 10.2 Å². The lowest BCUT2D eigenvalue weighted by Crippen LogP contribution is -2.37. The Hall–Kier alpha value is -2.59. The van der Waals surface area contributed by atoms with Crippen LogP contribution >= 0.6 is 0 Å². The molecule has 4 heteroatoms. The van der Waals surface area contributed by atoms with Crippen LogP contribution in [0.25, 0.3) is 10.9 Å². The van der Waals surface area contributed by atoms with E-state index in [0.29, 0.717) is 13.0 Å². The van der Waals surface area contributed by atoms with Gasteiger partial charge in [0.25, 0.3) is 0 Å². The average Bonchev–Trinajstić information content (AvgIpc) is 2.92. The van der Waals surface area contributed by atoms with E-state index in [2.05, 4.69) is 15.8 Å². The van der Waals surface area contributed by atoms with E-state index in [0.717, 1.165) is 22.0 Å². The van der Waals surface area contributed by atoms with E-state index >= 15 is 0 Å². The summed E-state index contributed by atoms with van der Waals surface area (Å²) in [6.07, 6.45) is 2.24. The third-order valence-corrected chi connectivity index (χ3v) is 3.39. The minimum Gasteiger partial charge on any atom is -0.361 e. The number of amides is 1. The summed E-state index contributed by atoms with van der Waals surface area (Å²) in [5.74, 6) is -0.0457. The molecule has 0 radical (unpaired) electrons. The number of fused-ring (bicyclic) bond motifs is 1. The first-order valence-corrected chi connectivity index (χ1v) is 6.93. The van der Waals surface area contributed by atoms with Crippen LogP contribution in [0.5, 0.6) is 0 Å². The number of aromatic amines is 1. The van der Waals surface area contributed by atoms with Gasteiger partial charge in [-0.15, -0.1) is 0 Å². The van der Waals surface area contributed by atoms with Crippen molar-refractivity contribution in [2.75, 3.05) is 0 Å². The van der Waals surface area contributed by atoms with Gasteiger partial charge in [0.1, 0.15) is 0 Å². The second kappa shape index (κ2) is 6.24. The normalized spacial score (nSPS) is 10.7. The van der Waals surface area contributed by atoms with Crippen molar-refractivity contribution >= 4 is 16.8 Å². The minimum atomic E-state index is -0.0457. The number of aromatic nitrogens is 1. The van der Waals surface area contributed by atoms with E-state index in [1.807, 2.05) is 60.8 Å². The summed E-state index contributed by atoms with van der Waals surface area (Å²) in [6.45, 7) is 0.612. The van der Waals surface area contributed by atoms with Gasteiger partial charge < -0.3 is 4.98 Å². The fourth-order valence-corrected chi connectivity index (χ4v) is 2.34. The lowest BCUT2D eigenvalue weighted by Gasteiger charge is -2.07. The summed E-state index contributed by atoms with van der Waals surface area (Å²) in [7, 11) is 0. The molecule has 0 spiro atoms. The largest absolute Gasteiger partial charge is 0.361 e. The zero-order valence-electron chi connectivity index (χ0n) is 11.6. The maximum atomic E-state index is 12.0. The lowest BCUT2D eigenvalue weighted by molar-refractivity contribution is -0.121. The maximum Gasteiger partial charge on any atom is 0.238 e. The summed E-state index contributed by atoms with van der Waals surface area (Å²) >= 11 is 0. The van der Waals surface area contributed by atoms with Crippen molar-refractivity contribution in [3.05, 3.63) is 71.9 Å². The van der Waals surface area contributed by atoms with Gasteiger partial charge in [0.2, 0.25) is 5.91 Å². The Morgan fingerprint density at radius 1 is 1.00 bits per heavy atom. The number of H-pyrrole nitrogens is 1. The number of hydrogen-bond acceptors (Lipinski definition) is 2. The van der Waals surface area contributed by atoms with Crippen LogP contribution in [-0.2, 0) is 17.8 Å². The van der Waals surface area contributed by atoms with Crippen molar-refractivity contribution in [2.45, 2.75) is 13.0 Å². The van der Waals surface area contributed by atoms with Crippen LogP contribution < -0.4 is 10.9 Å². The van der Waals surface area contributed by atoms with Crippen LogP contribution in [0.3, 0.4) is 0 Å². The Labute approximate surface area is 123 Å². The molecular weight excluding hydrogens is 262 g/mol. The van der Waals surface area contributed by atoms with E-state index in [1.54, 1.807) is 0 Å². The molecule has 0 aliphatic rings. The average molecular weight is 279 g/mol. The van der Waals surface area contributed by atoms with E-state index < -0.39 is 0 Å². The highest BCUT2D eigenvalue weighted by molar-refractivity contribution is 5.88. The molecule has 3 aromatic rings. The van der Waals surface area contributed by atoms with Crippen molar-refractivity contribution < 1.29 is 4.79 Å². The van der Waals surface area contributed by atoms with Crippen LogP contribution in [0.1, 0.15) is 11.1 Å². The Morgan fingerprint density at radius 2 is 1.76 bits per heavy atom. The van der Waals surface area contributed by atoms with Crippen molar-refractivity contribution in [3.8, 4) is 0 Å². The number of carbonyl (C=O) groups is 1. The van der Waals surface area contributed by atoms with Gasteiger partial charge in [-0.25, -0.2) is 5.43 Å². The van der Waals surface area contributed by atoms with Gasteiger partial charge in [-0.05, 0) is 17.2 Å². The predicted octanol–water partition coefficient (Wildman–Crippen LogP) is 2.53. The molecule has 1 aromatic heterocycles. The molecule has 0 bridgehead atoms. The SMILES string of the molecule is O=C(Cc1c[nH]c2ccccc12)NNCc1ccccc1. The van der Waals surface area contributed by atoms with Crippen molar-refractivity contribution in [1.29, 1.82) is 0 Å². The molecule has 1 heterocycles. The van der Waals surface area contributed by atoms with Crippen molar-refractivity contribution in [3.63, 3.8) is 0 Å². The lowest BCUT2D eigenvalue weighted by atomic mass is 10.1. The van der Waals surface area contributed by atoms with Gasteiger partial charge in [0.05, 0.1) is 6.42 Å². The molecular formula is C17H17N3O. The fraction of sp³-hybridized carbons (Fsp3) is 0.118. The first-order chi connectivity index (χ1) is 10.3. The van der Waals surface area contributed by atoms with Gasteiger partial charge in [-0.1, -0.05) is 48.5 Å². The summed E-state index contributed by atoms with van der Waals surface area (Å²) in [6, 6.07) is 17.9. The van der Waals surface area contributed by atoms with Crippen LogP contribution in [0.4, 0.5) is 0 Å². The molecule has 0 unspecified atom stereocenters. The third kappa shape index (κ3) is 3.30. The van der Waals surface area contributed by atoms with E-state index in [-0.39, 0.29) is 5.91 Å². The molecule has 3 N–H and O–H groups in total. The number of hydrogen-bond donors (Lipinski definition) is 3. The van der Waals surface area contributed by atoms with Gasteiger partial charge in [0, 0.05) is 23.6 Å². The van der Waals surface area contributed by atoms with Crippen LogP contribution in [0, 0.1) is 0 Å². The molecule has 106 valence electrons. The molecule has 0 saturated carbocycles. The van der Waals surface area contributed by atoms with Gasteiger partial charge >= 0.3 is 0 Å². The topological polar surface area (TPSA) is 56.9 Å². The monoisotopic (exact) mass is 279 g/mol. The number of rotatable bonds is 5. The van der Waals surface area contributed by atoms with Crippen LogP contribution in [0.2, 0.25) is 0 Å². The number of nitrogens with one attached hydrogen (secondary N) is 3. The second-order valence-corrected chi connectivity index (χ2v) is 4.92. The Bertz CT molecular complexity index is 734. The minimum absolute atomic E-state index is 0.0457. The highest BCUT2D eigenvalue weighted by atomic mass is 16.2. The molecule has 1 amide bonds. The number of para-hydroxylation sites is 1. The van der Waals surface area contributed by atoms with Crippen molar-refractivity contribution in [2.24, 2.45) is 0 Å². The Balaban J connectivity index is 1.55. The number of benzene rings is 2. The highest BCUT2D eigenvalue weighted by Gasteiger charge is 2.07. The molecule has 0 atom stereocenters. The molecule has 0 fully saturated rings. The van der Waals surface area contributed by atoms with Crippen molar-refractivity contribution in [1.82, 2.24) is 15.8 Å². The molecule has 0 aliphatic heterocycles. The molecule has 0 saturated heterocycles. The Kier molecular flexibility index (Phi) is 3.98. The third-order valence-electron chi connectivity index (χ3n) is 3.39. The predicted molar refractivity (Wildman–Crippen MR) is 83.4 cm³/mol. The first-order valence-electron chi connectivity index (χ1n) is 6.93. The molecule has 4 nitrogen and oxygen atoms in total. The quantitative estimate of drug-likeness (QED) is 0.629.